The molecule has 0 radical (unpaired) electrons. The summed E-state index contributed by atoms with van der Waals surface area (Å²) >= 11 is 7.21. The van der Waals surface area contributed by atoms with Crippen molar-refractivity contribution in [3.05, 3.63) is 36.4 Å². The van der Waals surface area contributed by atoms with E-state index in [1.165, 1.54) is 19.9 Å². The molecular weight excluding hydrogens is 364 g/mol. The first-order chi connectivity index (χ1) is 9.68. The Morgan fingerprint density at radius 1 is 1.29 bits per heavy atom. The number of nitrogens with one attached hydrogen (secondary N) is 1. The molecule has 2 heterocycles. The molecule has 0 aliphatic heterocycles. The maximum absolute atomic E-state index is 4.90. The van der Waals surface area contributed by atoms with Gasteiger partial charge in [0.1, 0.15) is 5.01 Å². The second-order valence-electron chi connectivity index (χ2n) is 6.63. The molecule has 0 saturated heterocycles. The lowest BCUT2D eigenvalue weighted by Gasteiger charge is -2.19. The van der Waals surface area contributed by atoms with E-state index in [2.05, 4.69) is 74.2 Å². The van der Waals surface area contributed by atoms with Crippen LogP contribution in [0.15, 0.2) is 15.9 Å². The number of thiazole rings is 1. The lowest BCUT2D eigenvalue weighted by molar-refractivity contribution is 0.524. The van der Waals surface area contributed by atoms with Gasteiger partial charge < -0.3 is 5.32 Å². The molecule has 21 heavy (non-hydrogen) atoms. The van der Waals surface area contributed by atoms with Gasteiger partial charge in [0, 0.05) is 31.1 Å². The van der Waals surface area contributed by atoms with Crippen molar-refractivity contribution >= 4 is 38.6 Å². The Morgan fingerprint density at radius 2 is 1.95 bits per heavy atom. The first-order valence-electron chi connectivity index (χ1n) is 7.16. The van der Waals surface area contributed by atoms with Gasteiger partial charge in [-0.05, 0) is 42.8 Å². The zero-order valence-electron chi connectivity index (χ0n) is 13.5. The lowest BCUT2D eigenvalue weighted by Crippen LogP contribution is -2.28. The van der Waals surface area contributed by atoms with Crippen LogP contribution in [-0.2, 0) is 5.41 Å². The van der Waals surface area contributed by atoms with E-state index >= 15 is 0 Å². The maximum Gasteiger partial charge on any atom is 0.115 e. The second-order valence-corrected chi connectivity index (χ2v) is 9.66. The van der Waals surface area contributed by atoms with Crippen LogP contribution in [0.5, 0.6) is 0 Å². The highest BCUT2D eigenvalue weighted by molar-refractivity contribution is 9.10. The summed E-state index contributed by atoms with van der Waals surface area (Å²) < 4.78 is 1.19. The Labute approximate surface area is 144 Å². The molecule has 0 aromatic carbocycles. The van der Waals surface area contributed by atoms with Crippen molar-refractivity contribution in [1.82, 2.24) is 10.3 Å². The summed E-state index contributed by atoms with van der Waals surface area (Å²) in [6.45, 7) is 13.1. The summed E-state index contributed by atoms with van der Waals surface area (Å²) in [7, 11) is 0. The molecule has 0 amide bonds. The zero-order chi connectivity index (χ0) is 15.8. The van der Waals surface area contributed by atoms with Gasteiger partial charge in [0.15, 0.2) is 0 Å². The predicted octanol–water partition coefficient (Wildman–Crippen LogP) is 5.66. The second kappa shape index (κ2) is 6.49. The standard InChI is InChI=1S/C16H23BrN2S2/c1-9(2)18-14(12-7-11(17)10(3)21-12)15-19-13(8-20-15)16(4,5)6/h7-9,14,18H,1-6H3. The Bertz CT molecular complexity index is 589. The molecule has 2 aromatic rings. The zero-order valence-corrected chi connectivity index (χ0v) is 16.7. The van der Waals surface area contributed by atoms with Gasteiger partial charge in [0.25, 0.3) is 0 Å². The van der Waals surface area contributed by atoms with Crippen LogP contribution < -0.4 is 5.32 Å². The third-order valence-electron chi connectivity index (χ3n) is 3.20. The maximum atomic E-state index is 4.90. The van der Waals surface area contributed by atoms with E-state index in [0.29, 0.717) is 6.04 Å². The normalized spacial score (nSPS) is 13.9. The van der Waals surface area contributed by atoms with Crippen LogP contribution in [0.4, 0.5) is 0 Å². The molecule has 0 bridgehead atoms. The largest absolute Gasteiger partial charge is 0.301 e. The van der Waals surface area contributed by atoms with E-state index in [0.717, 1.165) is 5.01 Å². The summed E-state index contributed by atoms with van der Waals surface area (Å²) in [4.78, 5) is 7.53. The van der Waals surface area contributed by atoms with Crippen LogP contribution in [0.1, 0.15) is 61.1 Å². The van der Waals surface area contributed by atoms with Crippen molar-refractivity contribution in [3.63, 3.8) is 0 Å². The number of aromatic nitrogens is 1. The molecule has 1 N–H and O–H groups in total. The summed E-state index contributed by atoms with van der Waals surface area (Å²) in [6.07, 6.45) is 0. The van der Waals surface area contributed by atoms with Gasteiger partial charge in [-0.3, -0.25) is 0 Å². The Morgan fingerprint density at radius 3 is 2.38 bits per heavy atom. The van der Waals surface area contributed by atoms with Crippen LogP contribution in [-0.4, -0.2) is 11.0 Å². The summed E-state index contributed by atoms with van der Waals surface area (Å²) in [5, 5.41) is 7.00. The number of halogens is 1. The number of hydrogen-bond donors (Lipinski definition) is 1. The van der Waals surface area contributed by atoms with E-state index in [4.69, 9.17) is 4.98 Å². The molecule has 116 valence electrons. The molecule has 1 unspecified atom stereocenters. The third-order valence-corrected chi connectivity index (χ3v) is 6.31. The van der Waals surface area contributed by atoms with E-state index in [1.807, 2.05) is 11.3 Å². The molecule has 2 aromatic heterocycles. The summed E-state index contributed by atoms with van der Waals surface area (Å²) in [5.74, 6) is 0. The molecule has 0 fully saturated rings. The molecule has 0 saturated carbocycles. The van der Waals surface area contributed by atoms with Gasteiger partial charge in [0.05, 0.1) is 11.7 Å². The van der Waals surface area contributed by atoms with Gasteiger partial charge in [-0.2, -0.15) is 0 Å². The minimum atomic E-state index is 0.100. The fourth-order valence-corrected chi connectivity index (χ4v) is 4.82. The Balaban J connectivity index is 2.38. The highest BCUT2D eigenvalue weighted by Crippen LogP contribution is 2.36. The van der Waals surface area contributed by atoms with Crippen molar-refractivity contribution in [2.75, 3.05) is 0 Å². The lowest BCUT2D eigenvalue weighted by atomic mass is 9.93. The van der Waals surface area contributed by atoms with E-state index in [-0.39, 0.29) is 11.5 Å². The Hall–Kier alpha value is -0.230. The number of aryl methyl sites for hydroxylation is 1. The molecule has 5 heteroatoms. The van der Waals surface area contributed by atoms with Crippen molar-refractivity contribution in [2.45, 2.75) is 59.0 Å². The first-order valence-corrected chi connectivity index (χ1v) is 9.65. The number of rotatable bonds is 4. The summed E-state index contributed by atoms with van der Waals surface area (Å²) in [6, 6.07) is 2.82. The average Bonchev–Trinajstić information content (AvgIpc) is 2.94. The number of nitrogens with zero attached hydrogens (tertiary/aromatic N) is 1. The minimum Gasteiger partial charge on any atom is -0.301 e. The molecular formula is C16H23BrN2S2. The number of thiophene rings is 1. The fourth-order valence-electron chi connectivity index (χ4n) is 2.00. The van der Waals surface area contributed by atoms with Gasteiger partial charge in [-0.15, -0.1) is 22.7 Å². The summed E-state index contributed by atoms with van der Waals surface area (Å²) in [5.41, 5.74) is 1.27. The van der Waals surface area contributed by atoms with Crippen LogP contribution in [0.25, 0.3) is 0 Å². The van der Waals surface area contributed by atoms with Gasteiger partial charge in [-0.1, -0.05) is 20.8 Å². The van der Waals surface area contributed by atoms with Gasteiger partial charge in [-0.25, -0.2) is 4.98 Å². The van der Waals surface area contributed by atoms with Crippen molar-refractivity contribution in [1.29, 1.82) is 0 Å². The van der Waals surface area contributed by atoms with Crippen molar-refractivity contribution in [2.24, 2.45) is 0 Å². The monoisotopic (exact) mass is 386 g/mol. The topological polar surface area (TPSA) is 24.9 Å². The van der Waals surface area contributed by atoms with Crippen LogP contribution in [0.3, 0.4) is 0 Å². The molecule has 2 rings (SSSR count). The van der Waals surface area contributed by atoms with Crippen LogP contribution in [0.2, 0.25) is 0 Å². The highest BCUT2D eigenvalue weighted by Gasteiger charge is 2.24. The van der Waals surface area contributed by atoms with Crippen LogP contribution in [0, 0.1) is 6.92 Å². The molecule has 2 nitrogen and oxygen atoms in total. The quantitative estimate of drug-likeness (QED) is 0.732. The highest BCUT2D eigenvalue weighted by atomic mass is 79.9. The van der Waals surface area contributed by atoms with E-state index < -0.39 is 0 Å². The number of hydrogen-bond acceptors (Lipinski definition) is 4. The van der Waals surface area contributed by atoms with Crippen molar-refractivity contribution < 1.29 is 0 Å². The molecule has 0 spiro atoms. The Kier molecular flexibility index (Phi) is 5.29. The first kappa shape index (κ1) is 17.1. The predicted molar refractivity (Wildman–Crippen MR) is 97.7 cm³/mol. The van der Waals surface area contributed by atoms with E-state index in [1.54, 1.807) is 11.3 Å². The van der Waals surface area contributed by atoms with E-state index in [9.17, 15) is 0 Å². The fraction of sp³-hybridized carbons (Fsp3) is 0.562. The van der Waals surface area contributed by atoms with Gasteiger partial charge in [0.2, 0.25) is 0 Å². The average molecular weight is 387 g/mol. The SMILES string of the molecule is Cc1sc(C(NC(C)C)c2nc(C(C)(C)C)cs2)cc1Br. The molecule has 0 aliphatic rings. The smallest absolute Gasteiger partial charge is 0.115 e. The van der Waals surface area contributed by atoms with Crippen LogP contribution >= 0.6 is 38.6 Å². The molecule has 0 aliphatic carbocycles. The van der Waals surface area contributed by atoms with Gasteiger partial charge >= 0.3 is 0 Å². The molecule has 1 atom stereocenters. The minimum absolute atomic E-state index is 0.100. The van der Waals surface area contributed by atoms with Crippen molar-refractivity contribution in [3.8, 4) is 0 Å². The third kappa shape index (κ3) is 4.15.